The maximum absolute atomic E-state index is 13.8. The van der Waals surface area contributed by atoms with E-state index in [1.807, 2.05) is 0 Å². The average molecular weight is 295 g/mol. The van der Waals surface area contributed by atoms with Gasteiger partial charge < -0.3 is 14.7 Å². The number of halogens is 1. The number of hydrogen-bond acceptors (Lipinski definition) is 3. The fourth-order valence-corrected chi connectivity index (χ4v) is 2.65. The van der Waals surface area contributed by atoms with Crippen LogP contribution in [-0.4, -0.2) is 42.1 Å². The molecule has 0 spiro atoms. The molecule has 0 radical (unpaired) electrons. The largest absolute Gasteiger partial charge is 0.478 e. The molecule has 0 saturated heterocycles. The number of carbonyl (C=O) groups is 2. The fourth-order valence-electron chi connectivity index (χ4n) is 2.65. The van der Waals surface area contributed by atoms with Crippen LogP contribution in [0.3, 0.4) is 0 Å². The van der Waals surface area contributed by atoms with E-state index in [2.05, 4.69) is 0 Å². The minimum Gasteiger partial charge on any atom is -0.478 e. The second kappa shape index (κ2) is 6.22. The molecule has 114 valence electrons. The number of amides is 1. The number of methoxy groups -OCH3 is 1. The molecule has 1 aliphatic heterocycles. The van der Waals surface area contributed by atoms with Crippen molar-refractivity contribution in [3.05, 3.63) is 34.6 Å². The van der Waals surface area contributed by atoms with Crippen LogP contribution in [0.2, 0.25) is 0 Å². The van der Waals surface area contributed by atoms with Gasteiger partial charge in [0.15, 0.2) is 0 Å². The van der Waals surface area contributed by atoms with Crippen molar-refractivity contribution in [2.75, 3.05) is 20.3 Å². The summed E-state index contributed by atoms with van der Waals surface area (Å²) in [5, 5.41) is 9.20. The summed E-state index contributed by atoms with van der Waals surface area (Å²) in [6.07, 6.45) is 0.327. The van der Waals surface area contributed by atoms with Crippen molar-refractivity contribution in [2.45, 2.75) is 19.9 Å². The Morgan fingerprint density at radius 3 is 2.76 bits per heavy atom. The summed E-state index contributed by atoms with van der Waals surface area (Å²) in [7, 11) is 1.52. The van der Waals surface area contributed by atoms with Crippen LogP contribution in [0.1, 0.15) is 28.4 Å². The van der Waals surface area contributed by atoms with Crippen LogP contribution >= 0.6 is 0 Å². The van der Waals surface area contributed by atoms with Gasteiger partial charge in [0.05, 0.1) is 18.1 Å². The van der Waals surface area contributed by atoms with Crippen molar-refractivity contribution in [3.8, 4) is 0 Å². The molecule has 5 nitrogen and oxygen atoms in total. The molecule has 1 amide bonds. The number of hydrogen-bond donors (Lipinski definition) is 1. The molecule has 2 rings (SSSR count). The van der Waals surface area contributed by atoms with Crippen molar-refractivity contribution in [2.24, 2.45) is 5.92 Å². The van der Waals surface area contributed by atoms with Crippen LogP contribution in [0.15, 0.2) is 12.1 Å². The lowest BCUT2D eigenvalue weighted by Gasteiger charge is -2.31. The zero-order chi connectivity index (χ0) is 15.6. The Bertz CT molecular complexity index is 573. The molecular weight excluding hydrogens is 277 g/mol. The van der Waals surface area contributed by atoms with Gasteiger partial charge in [-0.25, -0.2) is 9.18 Å². The highest BCUT2D eigenvalue weighted by atomic mass is 19.1. The molecule has 1 unspecified atom stereocenters. The lowest BCUT2D eigenvalue weighted by Crippen LogP contribution is -2.41. The van der Waals surface area contributed by atoms with Gasteiger partial charge in [0, 0.05) is 20.2 Å². The number of fused-ring (bicyclic) bond motifs is 1. The summed E-state index contributed by atoms with van der Waals surface area (Å²) in [6, 6.07) is 2.43. The Balaban J connectivity index is 2.29. The van der Waals surface area contributed by atoms with E-state index < -0.39 is 11.8 Å². The van der Waals surface area contributed by atoms with E-state index in [-0.39, 0.29) is 23.9 Å². The van der Waals surface area contributed by atoms with Gasteiger partial charge in [-0.15, -0.1) is 0 Å². The van der Waals surface area contributed by atoms with E-state index in [1.165, 1.54) is 19.2 Å². The second-order valence-electron chi connectivity index (χ2n) is 5.22. The number of nitrogens with zero attached hydrogens (tertiary/aromatic N) is 1. The Kier molecular flexibility index (Phi) is 4.57. The van der Waals surface area contributed by atoms with Crippen LogP contribution in [0.25, 0.3) is 0 Å². The zero-order valence-electron chi connectivity index (χ0n) is 12.1. The molecule has 1 aromatic carbocycles. The number of carbonyl (C=O) groups excluding carboxylic acids is 1. The van der Waals surface area contributed by atoms with E-state index in [0.29, 0.717) is 30.7 Å². The highest BCUT2D eigenvalue weighted by molar-refractivity contribution is 5.90. The topological polar surface area (TPSA) is 66.8 Å². The fraction of sp³-hybridized carbons (Fsp3) is 0.467. The second-order valence-corrected chi connectivity index (χ2v) is 5.22. The summed E-state index contributed by atoms with van der Waals surface area (Å²) >= 11 is 0. The molecule has 1 atom stereocenters. The molecule has 1 aliphatic rings. The van der Waals surface area contributed by atoms with Gasteiger partial charge in [-0.1, -0.05) is 6.92 Å². The molecule has 0 aliphatic carbocycles. The lowest BCUT2D eigenvalue weighted by molar-refractivity contribution is -0.137. The molecule has 21 heavy (non-hydrogen) atoms. The van der Waals surface area contributed by atoms with Crippen LogP contribution in [-0.2, 0) is 22.5 Å². The monoisotopic (exact) mass is 295 g/mol. The third kappa shape index (κ3) is 3.05. The van der Waals surface area contributed by atoms with Crippen molar-refractivity contribution in [1.82, 2.24) is 4.90 Å². The predicted molar refractivity (Wildman–Crippen MR) is 73.5 cm³/mol. The Morgan fingerprint density at radius 1 is 1.43 bits per heavy atom. The third-order valence-corrected chi connectivity index (χ3v) is 3.74. The SMILES string of the molecule is COCC(C)C(=O)N1CCc2c(F)ccc(C(=O)O)c2C1. The predicted octanol–water partition coefficient (Wildman–Crippen LogP) is 1.69. The Morgan fingerprint density at radius 2 is 2.14 bits per heavy atom. The van der Waals surface area contributed by atoms with Gasteiger partial charge in [0.1, 0.15) is 5.82 Å². The summed E-state index contributed by atoms with van der Waals surface area (Å²) in [5.74, 6) is -1.93. The molecule has 1 N–H and O–H groups in total. The molecular formula is C15H18FNO4. The smallest absolute Gasteiger partial charge is 0.336 e. The summed E-state index contributed by atoms with van der Waals surface area (Å²) in [4.78, 5) is 25.1. The minimum atomic E-state index is -1.11. The first-order chi connectivity index (χ1) is 9.95. The van der Waals surface area contributed by atoms with Gasteiger partial charge >= 0.3 is 5.97 Å². The van der Waals surface area contributed by atoms with Crippen molar-refractivity contribution in [3.63, 3.8) is 0 Å². The third-order valence-electron chi connectivity index (χ3n) is 3.74. The van der Waals surface area contributed by atoms with Crippen LogP contribution in [0.4, 0.5) is 4.39 Å². The Hall–Kier alpha value is -1.95. The minimum absolute atomic E-state index is 0.0586. The van der Waals surface area contributed by atoms with E-state index >= 15 is 0 Å². The maximum Gasteiger partial charge on any atom is 0.336 e. The highest BCUT2D eigenvalue weighted by Gasteiger charge is 2.28. The van der Waals surface area contributed by atoms with Gasteiger partial charge in [-0.3, -0.25) is 4.79 Å². The first-order valence-corrected chi connectivity index (χ1v) is 6.77. The van der Waals surface area contributed by atoms with E-state index in [9.17, 15) is 19.1 Å². The quantitative estimate of drug-likeness (QED) is 0.918. The number of carboxylic acids is 1. The van der Waals surface area contributed by atoms with Crippen LogP contribution < -0.4 is 0 Å². The molecule has 1 aromatic rings. The first-order valence-electron chi connectivity index (χ1n) is 6.77. The van der Waals surface area contributed by atoms with Gasteiger partial charge in [0.25, 0.3) is 0 Å². The van der Waals surface area contributed by atoms with Crippen LogP contribution in [0.5, 0.6) is 0 Å². The molecule has 0 aromatic heterocycles. The maximum atomic E-state index is 13.8. The molecule has 0 fully saturated rings. The zero-order valence-corrected chi connectivity index (χ0v) is 12.1. The number of benzene rings is 1. The number of rotatable bonds is 4. The van der Waals surface area contributed by atoms with E-state index in [4.69, 9.17) is 4.74 Å². The number of carboxylic acid groups (broad SMARTS) is 1. The van der Waals surface area contributed by atoms with E-state index in [0.717, 1.165) is 0 Å². The molecule has 0 bridgehead atoms. The average Bonchev–Trinajstić information content (AvgIpc) is 2.46. The van der Waals surface area contributed by atoms with Crippen LogP contribution in [0, 0.1) is 11.7 Å². The summed E-state index contributed by atoms with van der Waals surface area (Å²) in [5.41, 5.74) is 0.855. The Labute approximate surface area is 122 Å². The first kappa shape index (κ1) is 15.4. The highest BCUT2D eigenvalue weighted by Crippen LogP contribution is 2.26. The lowest BCUT2D eigenvalue weighted by atomic mass is 9.93. The number of aromatic carboxylic acids is 1. The van der Waals surface area contributed by atoms with E-state index in [1.54, 1.807) is 11.8 Å². The number of ether oxygens (including phenoxy) is 1. The normalized spacial score (nSPS) is 15.5. The van der Waals surface area contributed by atoms with Crippen molar-refractivity contribution < 1.29 is 23.8 Å². The summed E-state index contributed by atoms with van der Waals surface area (Å²) < 4.78 is 18.8. The standard InChI is InChI=1S/C15H18FNO4/c1-9(8-21-2)14(18)17-6-5-10-12(7-17)11(15(19)20)3-4-13(10)16/h3-4,9H,5-8H2,1-2H3,(H,19,20). The summed E-state index contributed by atoms with van der Waals surface area (Å²) in [6.45, 7) is 2.57. The van der Waals surface area contributed by atoms with Crippen molar-refractivity contribution >= 4 is 11.9 Å². The molecule has 0 saturated carbocycles. The van der Waals surface area contributed by atoms with Gasteiger partial charge in [0.2, 0.25) is 5.91 Å². The molecule has 6 heteroatoms. The van der Waals surface area contributed by atoms with Crippen molar-refractivity contribution in [1.29, 1.82) is 0 Å². The van der Waals surface area contributed by atoms with Gasteiger partial charge in [-0.2, -0.15) is 0 Å². The van der Waals surface area contributed by atoms with Gasteiger partial charge in [-0.05, 0) is 29.7 Å². The molecule has 1 heterocycles.